The van der Waals surface area contributed by atoms with Gasteiger partial charge in [0.1, 0.15) is 6.10 Å². The Bertz CT molecular complexity index is 563. The maximum absolute atomic E-state index is 9.82. The van der Waals surface area contributed by atoms with E-state index >= 15 is 0 Å². The second kappa shape index (κ2) is 4.91. The second-order valence-electron chi connectivity index (χ2n) is 3.80. The van der Waals surface area contributed by atoms with Crippen LogP contribution in [0.5, 0.6) is 0 Å². The van der Waals surface area contributed by atoms with E-state index in [1.54, 1.807) is 6.07 Å². The number of hydrogen-bond donors (Lipinski definition) is 2. The topological polar surface area (TPSA) is 77.1 Å². The van der Waals surface area contributed by atoms with Crippen LogP contribution in [0.1, 0.15) is 18.2 Å². The third-order valence-electron chi connectivity index (χ3n) is 2.59. The average Bonchev–Trinajstić information content (AvgIpc) is 2.37. The minimum atomic E-state index is -1.13. The van der Waals surface area contributed by atoms with Gasteiger partial charge in [0.25, 0.3) is 0 Å². The molecule has 0 aliphatic carbocycles. The molecule has 17 heavy (non-hydrogen) atoms. The van der Waals surface area contributed by atoms with Crippen molar-refractivity contribution in [2.45, 2.75) is 18.6 Å². The lowest BCUT2D eigenvalue weighted by Crippen LogP contribution is -2.18. The number of aromatic nitrogens is 1. The molecule has 0 radical (unpaired) electrons. The highest BCUT2D eigenvalue weighted by atomic mass is 16.3. The van der Waals surface area contributed by atoms with Gasteiger partial charge in [0.2, 0.25) is 0 Å². The molecule has 86 valence electrons. The van der Waals surface area contributed by atoms with Crippen LogP contribution in [0.15, 0.2) is 36.4 Å². The van der Waals surface area contributed by atoms with Gasteiger partial charge < -0.3 is 10.2 Å². The second-order valence-corrected chi connectivity index (χ2v) is 3.80. The Labute approximate surface area is 98.8 Å². The van der Waals surface area contributed by atoms with E-state index in [0.29, 0.717) is 5.69 Å². The Kier molecular flexibility index (Phi) is 3.33. The normalized spacial score (nSPS) is 14.2. The SMILES string of the molecule is N#CCC(O)C(O)c1ccc2ccccc2n1. The minimum Gasteiger partial charge on any atom is -0.389 e. The fourth-order valence-electron chi connectivity index (χ4n) is 1.65. The molecule has 0 amide bonds. The smallest absolute Gasteiger partial charge is 0.123 e. The first-order chi connectivity index (χ1) is 8.22. The van der Waals surface area contributed by atoms with Gasteiger partial charge in [-0.2, -0.15) is 5.26 Å². The molecule has 1 aromatic carbocycles. The summed E-state index contributed by atoms with van der Waals surface area (Å²) in [5.41, 5.74) is 1.14. The quantitative estimate of drug-likeness (QED) is 0.835. The predicted octanol–water partition coefficient (Wildman–Crippen LogP) is 1.54. The molecule has 2 atom stereocenters. The summed E-state index contributed by atoms with van der Waals surface area (Å²) in [7, 11) is 0. The maximum Gasteiger partial charge on any atom is 0.123 e. The standard InChI is InChI=1S/C13H12N2O2/c14-8-7-12(16)13(17)11-6-5-9-3-1-2-4-10(9)15-11/h1-6,12-13,16-17H,7H2. The van der Waals surface area contributed by atoms with Crippen molar-refractivity contribution in [2.24, 2.45) is 0 Å². The molecule has 1 heterocycles. The number of nitrogens with zero attached hydrogens (tertiary/aromatic N) is 2. The van der Waals surface area contributed by atoms with E-state index in [4.69, 9.17) is 5.26 Å². The van der Waals surface area contributed by atoms with Crippen molar-refractivity contribution < 1.29 is 10.2 Å². The molecule has 0 aliphatic heterocycles. The van der Waals surface area contributed by atoms with Gasteiger partial charge in [0, 0.05) is 5.39 Å². The van der Waals surface area contributed by atoms with E-state index in [9.17, 15) is 10.2 Å². The molecule has 2 N–H and O–H groups in total. The van der Waals surface area contributed by atoms with Crippen LogP contribution < -0.4 is 0 Å². The molecule has 0 saturated heterocycles. The Morgan fingerprint density at radius 2 is 1.94 bits per heavy atom. The fourth-order valence-corrected chi connectivity index (χ4v) is 1.65. The molecule has 0 fully saturated rings. The van der Waals surface area contributed by atoms with Gasteiger partial charge in [0.15, 0.2) is 0 Å². The Balaban J connectivity index is 2.33. The van der Waals surface area contributed by atoms with E-state index in [2.05, 4.69) is 4.98 Å². The summed E-state index contributed by atoms with van der Waals surface area (Å²) in [6, 6.07) is 12.8. The van der Waals surface area contributed by atoms with E-state index in [1.165, 1.54) is 0 Å². The van der Waals surface area contributed by atoms with Crippen molar-refractivity contribution in [3.63, 3.8) is 0 Å². The van der Waals surface area contributed by atoms with Crippen LogP contribution in [0, 0.1) is 11.3 Å². The van der Waals surface area contributed by atoms with Crippen molar-refractivity contribution in [3.8, 4) is 6.07 Å². The minimum absolute atomic E-state index is 0.115. The Morgan fingerprint density at radius 1 is 1.18 bits per heavy atom. The molecular weight excluding hydrogens is 216 g/mol. The molecule has 0 bridgehead atoms. The van der Waals surface area contributed by atoms with Gasteiger partial charge in [-0.25, -0.2) is 4.98 Å². The summed E-state index contributed by atoms with van der Waals surface area (Å²) in [5.74, 6) is 0. The molecule has 4 nitrogen and oxygen atoms in total. The zero-order chi connectivity index (χ0) is 12.3. The fraction of sp³-hybridized carbons (Fsp3) is 0.231. The van der Waals surface area contributed by atoms with Crippen LogP contribution in [0.3, 0.4) is 0 Å². The number of benzene rings is 1. The first-order valence-corrected chi connectivity index (χ1v) is 5.31. The average molecular weight is 228 g/mol. The number of fused-ring (bicyclic) bond motifs is 1. The Hall–Kier alpha value is -1.96. The summed E-state index contributed by atoms with van der Waals surface area (Å²) in [4.78, 5) is 4.26. The van der Waals surface area contributed by atoms with E-state index in [1.807, 2.05) is 36.4 Å². The van der Waals surface area contributed by atoms with Gasteiger partial charge in [-0.3, -0.25) is 0 Å². The third kappa shape index (κ3) is 2.41. The van der Waals surface area contributed by atoms with Crippen molar-refractivity contribution in [3.05, 3.63) is 42.1 Å². The lowest BCUT2D eigenvalue weighted by Gasteiger charge is -2.14. The summed E-state index contributed by atoms with van der Waals surface area (Å²) in [5, 5.41) is 28.8. The first kappa shape index (κ1) is 11.5. The summed E-state index contributed by atoms with van der Waals surface area (Å²) >= 11 is 0. The first-order valence-electron chi connectivity index (χ1n) is 5.31. The highest BCUT2D eigenvalue weighted by Crippen LogP contribution is 2.20. The summed E-state index contributed by atoms with van der Waals surface area (Å²) in [6.07, 6.45) is -2.34. The number of para-hydroxylation sites is 1. The summed E-state index contributed by atoms with van der Waals surface area (Å²) in [6.45, 7) is 0. The zero-order valence-corrected chi connectivity index (χ0v) is 9.11. The van der Waals surface area contributed by atoms with Crippen molar-refractivity contribution in [1.82, 2.24) is 4.98 Å². The highest BCUT2D eigenvalue weighted by molar-refractivity contribution is 5.78. The molecule has 0 saturated carbocycles. The van der Waals surface area contributed by atoms with Gasteiger partial charge >= 0.3 is 0 Å². The van der Waals surface area contributed by atoms with Crippen LogP contribution in [-0.4, -0.2) is 21.3 Å². The molecule has 1 aromatic heterocycles. The number of pyridine rings is 1. The molecule has 4 heteroatoms. The van der Waals surface area contributed by atoms with Crippen LogP contribution in [0.2, 0.25) is 0 Å². The lowest BCUT2D eigenvalue weighted by molar-refractivity contribution is 0.0192. The zero-order valence-electron chi connectivity index (χ0n) is 9.11. The third-order valence-corrected chi connectivity index (χ3v) is 2.59. The number of rotatable bonds is 3. The summed E-state index contributed by atoms with van der Waals surface area (Å²) < 4.78 is 0. The molecule has 2 aromatic rings. The van der Waals surface area contributed by atoms with Gasteiger partial charge in [-0.15, -0.1) is 0 Å². The predicted molar refractivity (Wildman–Crippen MR) is 62.9 cm³/mol. The van der Waals surface area contributed by atoms with Crippen LogP contribution >= 0.6 is 0 Å². The number of aliphatic hydroxyl groups excluding tert-OH is 2. The van der Waals surface area contributed by atoms with Gasteiger partial charge in [-0.1, -0.05) is 24.3 Å². The number of aliphatic hydroxyl groups is 2. The van der Waals surface area contributed by atoms with Gasteiger partial charge in [0.05, 0.1) is 29.8 Å². The van der Waals surface area contributed by atoms with Crippen molar-refractivity contribution in [2.75, 3.05) is 0 Å². The van der Waals surface area contributed by atoms with E-state index in [0.717, 1.165) is 10.9 Å². The van der Waals surface area contributed by atoms with Crippen LogP contribution in [0.25, 0.3) is 10.9 Å². The van der Waals surface area contributed by atoms with Crippen LogP contribution in [-0.2, 0) is 0 Å². The molecule has 2 unspecified atom stereocenters. The van der Waals surface area contributed by atoms with E-state index in [-0.39, 0.29) is 6.42 Å². The van der Waals surface area contributed by atoms with Gasteiger partial charge in [-0.05, 0) is 12.1 Å². The Morgan fingerprint density at radius 3 is 2.71 bits per heavy atom. The van der Waals surface area contributed by atoms with Crippen molar-refractivity contribution >= 4 is 10.9 Å². The highest BCUT2D eigenvalue weighted by Gasteiger charge is 2.19. The molecule has 0 aliphatic rings. The van der Waals surface area contributed by atoms with E-state index < -0.39 is 12.2 Å². The lowest BCUT2D eigenvalue weighted by atomic mass is 10.1. The van der Waals surface area contributed by atoms with Crippen molar-refractivity contribution in [1.29, 1.82) is 5.26 Å². The maximum atomic E-state index is 9.82. The largest absolute Gasteiger partial charge is 0.389 e. The number of nitriles is 1. The molecular formula is C13H12N2O2. The monoisotopic (exact) mass is 228 g/mol. The molecule has 0 spiro atoms. The molecule has 2 rings (SSSR count). The number of hydrogen-bond acceptors (Lipinski definition) is 4. The van der Waals surface area contributed by atoms with Crippen LogP contribution in [0.4, 0.5) is 0 Å².